The number of thiazole rings is 1. The molecule has 2 aromatic heterocycles. The van der Waals surface area contributed by atoms with Crippen molar-refractivity contribution in [2.45, 2.75) is 39.2 Å². The highest BCUT2D eigenvalue weighted by molar-refractivity contribution is 7.11. The second-order valence-corrected chi connectivity index (χ2v) is 10.8. The zero-order valence-corrected chi connectivity index (χ0v) is 24.2. The smallest absolute Gasteiger partial charge is 0.338 e. The van der Waals surface area contributed by atoms with Crippen LogP contribution < -0.4 is 10.2 Å². The number of rotatable bonds is 8. The van der Waals surface area contributed by atoms with E-state index >= 15 is 0 Å². The maximum atomic E-state index is 14.7. The van der Waals surface area contributed by atoms with Crippen molar-refractivity contribution < 1.29 is 27.8 Å². The molecule has 0 aliphatic carbocycles. The van der Waals surface area contributed by atoms with E-state index in [0.717, 1.165) is 6.07 Å². The van der Waals surface area contributed by atoms with Crippen molar-refractivity contribution >= 4 is 35.1 Å². The lowest BCUT2D eigenvalue weighted by atomic mass is 9.85. The maximum absolute atomic E-state index is 14.7. The van der Waals surface area contributed by atoms with Crippen LogP contribution in [0.4, 0.5) is 14.7 Å². The van der Waals surface area contributed by atoms with Crippen molar-refractivity contribution in [2.75, 3.05) is 31.7 Å². The number of aliphatic imine (C=N–C) groups is 1. The molecule has 13 heteroatoms. The molecule has 220 valence electrons. The van der Waals surface area contributed by atoms with Crippen molar-refractivity contribution in [1.29, 1.82) is 0 Å². The molecule has 2 aliphatic heterocycles. The van der Waals surface area contributed by atoms with Crippen molar-refractivity contribution in [1.82, 2.24) is 20.3 Å². The van der Waals surface area contributed by atoms with Gasteiger partial charge < -0.3 is 19.7 Å². The minimum absolute atomic E-state index is 0.0725. The molecule has 1 atom stereocenters. The van der Waals surface area contributed by atoms with E-state index in [2.05, 4.69) is 20.3 Å². The van der Waals surface area contributed by atoms with E-state index < -0.39 is 23.6 Å². The first-order valence-corrected chi connectivity index (χ1v) is 14.4. The summed E-state index contributed by atoms with van der Waals surface area (Å²) in [5.41, 5.74) is 1.99. The fourth-order valence-corrected chi connectivity index (χ4v) is 5.80. The molecule has 0 spiro atoms. The molecule has 5 rings (SSSR count). The second kappa shape index (κ2) is 12.7. The number of esters is 2. The Bertz CT molecular complexity index is 1520. The third kappa shape index (κ3) is 6.01. The second-order valence-electron chi connectivity index (χ2n) is 9.87. The van der Waals surface area contributed by atoms with Gasteiger partial charge in [0.15, 0.2) is 22.5 Å². The largest absolute Gasteiger partial charge is 0.466 e. The number of benzene rings is 1. The van der Waals surface area contributed by atoms with Gasteiger partial charge in [-0.2, -0.15) is 0 Å². The first kappa shape index (κ1) is 29.2. The van der Waals surface area contributed by atoms with Gasteiger partial charge in [0, 0.05) is 54.2 Å². The van der Waals surface area contributed by atoms with E-state index in [-0.39, 0.29) is 29.4 Å². The van der Waals surface area contributed by atoms with Crippen LogP contribution in [0.2, 0.25) is 0 Å². The fraction of sp³-hybridized carbons (Fsp3) is 0.379. The summed E-state index contributed by atoms with van der Waals surface area (Å²) in [5, 5.41) is 5.76. The molecule has 2 aliphatic rings. The molecule has 0 radical (unpaired) electrons. The third-order valence-corrected chi connectivity index (χ3v) is 8.10. The first-order chi connectivity index (χ1) is 20.3. The molecule has 4 heterocycles. The van der Waals surface area contributed by atoms with Gasteiger partial charge in [-0.3, -0.25) is 9.79 Å². The van der Waals surface area contributed by atoms with E-state index in [0.29, 0.717) is 66.2 Å². The molecule has 0 saturated carbocycles. The van der Waals surface area contributed by atoms with Crippen molar-refractivity contribution in [3.05, 3.63) is 80.7 Å². The molecule has 1 N–H and O–H groups in total. The van der Waals surface area contributed by atoms with Crippen LogP contribution in [0.15, 0.2) is 52.4 Å². The minimum atomic E-state index is -0.982. The first-order valence-electron chi connectivity index (χ1n) is 13.5. The van der Waals surface area contributed by atoms with Gasteiger partial charge in [0.2, 0.25) is 5.95 Å². The van der Waals surface area contributed by atoms with E-state index in [4.69, 9.17) is 14.5 Å². The van der Waals surface area contributed by atoms with Gasteiger partial charge in [0.1, 0.15) is 6.04 Å². The number of nitrogens with one attached hydrogen (secondary N) is 1. The molecule has 1 fully saturated rings. The number of hydrogen-bond acceptors (Lipinski definition) is 11. The number of carbonyl (C=O) groups is 2. The fourth-order valence-electron chi connectivity index (χ4n) is 5.21. The SMILES string of the molecule is CCOC(=O)Cc1cnc(N2CCC(C3=C(C(=O)OC)C(c4ccc(F)c(F)c4C)N=C(c4nccs4)N3)CC2)nc1. The van der Waals surface area contributed by atoms with Crippen LogP contribution in [0.25, 0.3) is 0 Å². The molecular formula is C29H30F2N6O4S. The quantitative estimate of drug-likeness (QED) is 0.384. The topological polar surface area (TPSA) is 119 Å². The lowest BCUT2D eigenvalue weighted by Gasteiger charge is -2.36. The Kier molecular flexibility index (Phi) is 8.86. The van der Waals surface area contributed by atoms with Crippen molar-refractivity contribution in [3.8, 4) is 0 Å². The van der Waals surface area contributed by atoms with Gasteiger partial charge in [-0.1, -0.05) is 6.07 Å². The average Bonchev–Trinajstić information content (AvgIpc) is 3.55. The predicted molar refractivity (Wildman–Crippen MR) is 152 cm³/mol. The summed E-state index contributed by atoms with van der Waals surface area (Å²) in [7, 11) is 1.29. The Balaban J connectivity index is 1.43. The Morgan fingerprint density at radius 2 is 1.88 bits per heavy atom. The van der Waals surface area contributed by atoms with Crippen LogP contribution in [-0.2, 0) is 25.5 Å². The van der Waals surface area contributed by atoms with E-state index in [1.54, 1.807) is 25.5 Å². The monoisotopic (exact) mass is 596 g/mol. The minimum Gasteiger partial charge on any atom is -0.466 e. The zero-order chi connectivity index (χ0) is 29.8. The molecule has 0 amide bonds. The predicted octanol–water partition coefficient (Wildman–Crippen LogP) is 4.06. The highest BCUT2D eigenvalue weighted by atomic mass is 32.1. The summed E-state index contributed by atoms with van der Waals surface area (Å²) in [6.07, 6.45) is 6.29. The Morgan fingerprint density at radius 1 is 1.14 bits per heavy atom. The van der Waals surface area contributed by atoms with Crippen LogP contribution in [0, 0.1) is 24.5 Å². The Morgan fingerprint density at radius 3 is 2.52 bits per heavy atom. The summed E-state index contributed by atoms with van der Waals surface area (Å²) in [6, 6.07) is 1.58. The van der Waals surface area contributed by atoms with Gasteiger partial charge in [0.05, 0.1) is 25.7 Å². The van der Waals surface area contributed by atoms with Crippen LogP contribution in [-0.4, -0.2) is 59.5 Å². The van der Waals surface area contributed by atoms with E-state index in [1.165, 1.54) is 31.4 Å². The van der Waals surface area contributed by atoms with E-state index in [1.807, 2.05) is 10.3 Å². The normalized spacial score (nSPS) is 17.5. The van der Waals surface area contributed by atoms with Gasteiger partial charge in [-0.05, 0) is 43.9 Å². The van der Waals surface area contributed by atoms with Crippen LogP contribution in [0.3, 0.4) is 0 Å². The summed E-state index contributed by atoms with van der Waals surface area (Å²) >= 11 is 1.37. The Labute approximate surface area is 245 Å². The number of ether oxygens (including phenoxy) is 2. The highest BCUT2D eigenvalue weighted by Gasteiger charge is 2.38. The number of hydrogen-bond donors (Lipinski definition) is 1. The summed E-state index contributed by atoms with van der Waals surface area (Å²) in [6.45, 7) is 4.73. The number of halogens is 2. The molecule has 1 saturated heterocycles. The van der Waals surface area contributed by atoms with Crippen molar-refractivity contribution in [2.24, 2.45) is 10.9 Å². The maximum Gasteiger partial charge on any atom is 0.338 e. The lowest BCUT2D eigenvalue weighted by molar-refractivity contribution is -0.142. The summed E-state index contributed by atoms with van der Waals surface area (Å²) in [4.78, 5) is 45.1. The lowest BCUT2D eigenvalue weighted by Crippen LogP contribution is -2.42. The van der Waals surface area contributed by atoms with Gasteiger partial charge in [-0.15, -0.1) is 11.3 Å². The molecule has 1 unspecified atom stereocenters. The number of amidine groups is 1. The number of methoxy groups -OCH3 is 1. The number of allylic oxidation sites excluding steroid dienone is 1. The summed E-state index contributed by atoms with van der Waals surface area (Å²) in [5.74, 6) is -1.99. The standard InChI is InChI=1S/C29H30F2N6O4S/c1-4-41-21(38)13-17-14-33-29(34-15-17)37-10-7-18(8-11-37)24-22(28(39)40-3)25(19-5-6-20(30)23(31)16(19)2)36-26(35-24)27-32-9-12-42-27/h5-6,9,12,14-15,18,25H,4,7-8,10-11,13H2,1-3H3,(H,35,36). The van der Waals surface area contributed by atoms with Crippen molar-refractivity contribution in [3.63, 3.8) is 0 Å². The molecule has 0 bridgehead atoms. The number of carbonyl (C=O) groups excluding carboxylic acids is 2. The number of aromatic nitrogens is 3. The molecular weight excluding hydrogens is 566 g/mol. The molecule has 10 nitrogen and oxygen atoms in total. The van der Waals surface area contributed by atoms with Gasteiger partial charge in [0.25, 0.3) is 0 Å². The average molecular weight is 597 g/mol. The zero-order valence-electron chi connectivity index (χ0n) is 23.4. The summed E-state index contributed by atoms with van der Waals surface area (Å²) < 4.78 is 38.9. The van der Waals surface area contributed by atoms with Gasteiger partial charge in [-0.25, -0.2) is 28.5 Å². The molecule has 42 heavy (non-hydrogen) atoms. The van der Waals surface area contributed by atoms with Gasteiger partial charge >= 0.3 is 11.9 Å². The molecule has 3 aromatic rings. The Hall–Kier alpha value is -4.26. The third-order valence-electron chi connectivity index (χ3n) is 7.32. The molecule has 1 aromatic carbocycles. The van der Waals surface area contributed by atoms with Crippen LogP contribution in [0.5, 0.6) is 0 Å². The highest BCUT2D eigenvalue weighted by Crippen LogP contribution is 2.39. The number of nitrogens with zero attached hydrogens (tertiary/aromatic N) is 5. The number of anilines is 1. The number of piperidine rings is 1. The van der Waals surface area contributed by atoms with Crippen LogP contribution >= 0.6 is 11.3 Å². The van der Waals surface area contributed by atoms with Crippen LogP contribution in [0.1, 0.15) is 47.5 Å². The van der Waals surface area contributed by atoms with E-state index in [9.17, 15) is 18.4 Å².